The topological polar surface area (TPSA) is 84.5 Å². The van der Waals surface area contributed by atoms with E-state index in [-0.39, 0.29) is 10.8 Å². The quantitative estimate of drug-likeness (QED) is 0.867. The Balaban J connectivity index is 1.61. The number of nitrogens with one attached hydrogen (secondary N) is 2. The average molecular weight is 372 g/mol. The predicted octanol–water partition coefficient (Wildman–Crippen LogP) is 3.09. The molecule has 1 aliphatic heterocycles. The Hall–Kier alpha value is -2.54. The van der Waals surface area contributed by atoms with E-state index >= 15 is 0 Å². The summed E-state index contributed by atoms with van der Waals surface area (Å²) in [6.45, 7) is 1.64. The van der Waals surface area contributed by atoms with Crippen molar-refractivity contribution in [2.45, 2.75) is 43.6 Å². The van der Waals surface area contributed by atoms with Crippen LogP contribution in [0.2, 0.25) is 0 Å². The first-order chi connectivity index (χ1) is 12.4. The van der Waals surface area contributed by atoms with E-state index in [2.05, 4.69) is 10.0 Å². The SMILES string of the molecule is C[C@H]1Oc2ccc(S(=O)(=O)Nc3ccc4c(c3)CCCC4)cc2NC1=O. The molecule has 4 rings (SSSR count). The van der Waals surface area contributed by atoms with Crippen LogP contribution in [0.5, 0.6) is 5.75 Å². The zero-order valence-corrected chi connectivity index (χ0v) is 15.2. The minimum atomic E-state index is -3.76. The highest BCUT2D eigenvalue weighted by atomic mass is 32.2. The van der Waals surface area contributed by atoms with Crippen LogP contribution in [0.4, 0.5) is 11.4 Å². The van der Waals surface area contributed by atoms with Crippen LogP contribution in [0.25, 0.3) is 0 Å². The molecule has 6 nitrogen and oxygen atoms in total. The Bertz CT molecular complexity index is 985. The van der Waals surface area contributed by atoms with Crippen LogP contribution in [0.1, 0.15) is 30.9 Å². The van der Waals surface area contributed by atoms with Crippen molar-refractivity contribution in [3.05, 3.63) is 47.5 Å². The third kappa shape index (κ3) is 3.14. The van der Waals surface area contributed by atoms with Crippen molar-refractivity contribution >= 4 is 27.3 Å². The predicted molar refractivity (Wildman–Crippen MR) is 99.1 cm³/mol. The Morgan fingerprint density at radius 2 is 1.85 bits per heavy atom. The lowest BCUT2D eigenvalue weighted by Gasteiger charge is -2.23. The highest BCUT2D eigenvalue weighted by Gasteiger charge is 2.25. The number of sulfonamides is 1. The van der Waals surface area contributed by atoms with E-state index < -0.39 is 16.1 Å². The van der Waals surface area contributed by atoms with Crippen molar-refractivity contribution in [3.63, 3.8) is 0 Å². The zero-order chi connectivity index (χ0) is 18.3. The summed E-state index contributed by atoms with van der Waals surface area (Å²) >= 11 is 0. The van der Waals surface area contributed by atoms with Gasteiger partial charge in [0.2, 0.25) is 0 Å². The van der Waals surface area contributed by atoms with Gasteiger partial charge in [0, 0.05) is 5.69 Å². The zero-order valence-electron chi connectivity index (χ0n) is 14.4. The van der Waals surface area contributed by atoms with Gasteiger partial charge in [-0.3, -0.25) is 9.52 Å². The molecule has 1 heterocycles. The van der Waals surface area contributed by atoms with Crippen LogP contribution in [-0.4, -0.2) is 20.4 Å². The van der Waals surface area contributed by atoms with Crippen LogP contribution in [0.15, 0.2) is 41.3 Å². The Labute approximate surface area is 152 Å². The lowest BCUT2D eigenvalue weighted by atomic mass is 9.91. The van der Waals surface area contributed by atoms with Gasteiger partial charge in [0.15, 0.2) is 6.10 Å². The van der Waals surface area contributed by atoms with Crippen molar-refractivity contribution in [1.29, 1.82) is 0 Å². The van der Waals surface area contributed by atoms with E-state index in [1.165, 1.54) is 29.7 Å². The second kappa shape index (κ2) is 6.32. The van der Waals surface area contributed by atoms with E-state index in [0.717, 1.165) is 19.3 Å². The first kappa shape index (κ1) is 16.9. The number of benzene rings is 2. The summed E-state index contributed by atoms with van der Waals surface area (Å²) in [5, 5.41) is 2.67. The van der Waals surface area contributed by atoms with E-state index in [9.17, 15) is 13.2 Å². The van der Waals surface area contributed by atoms with Gasteiger partial charge in [0.25, 0.3) is 15.9 Å². The molecule has 0 fully saturated rings. The summed E-state index contributed by atoms with van der Waals surface area (Å²) in [6, 6.07) is 10.2. The van der Waals surface area contributed by atoms with Gasteiger partial charge in [-0.15, -0.1) is 0 Å². The van der Waals surface area contributed by atoms with Gasteiger partial charge >= 0.3 is 0 Å². The molecule has 0 unspecified atom stereocenters. The van der Waals surface area contributed by atoms with Crippen molar-refractivity contribution in [3.8, 4) is 5.75 Å². The second-order valence-corrected chi connectivity index (χ2v) is 8.39. The number of aryl methyl sites for hydroxylation is 2. The molecule has 2 aliphatic rings. The van der Waals surface area contributed by atoms with E-state index in [1.54, 1.807) is 19.1 Å². The number of fused-ring (bicyclic) bond motifs is 2. The molecule has 1 atom stereocenters. The molecule has 0 spiro atoms. The summed E-state index contributed by atoms with van der Waals surface area (Å²) in [7, 11) is -3.76. The molecule has 0 aromatic heterocycles. The molecule has 0 saturated heterocycles. The number of rotatable bonds is 3. The number of amides is 1. The Morgan fingerprint density at radius 1 is 1.08 bits per heavy atom. The largest absolute Gasteiger partial charge is 0.479 e. The highest BCUT2D eigenvalue weighted by Crippen LogP contribution is 2.32. The van der Waals surface area contributed by atoms with E-state index in [0.29, 0.717) is 17.1 Å². The second-order valence-electron chi connectivity index (χ2n) is 6.70. The summed E-state index contributed by atoms with van der Waals surface area (Å²) in [5.41, 5.74) is 3.41. The number of carbonyl (C=O) groups excluding carboxylic acids is 1. The number of hydrogen-bond acceptors (Lipinski definition) is 4. The van der Waals surface area contributed by atoms with Crippen LogP contribution >= 0.6 is 0 Å². The van der Waals surface area contributed by atoms with Crippen LogP contribution < -0.4 is 14.8 Å². The summed E-state index contributed by atoms with van der Waals surface area (Å²) < 4.78 is 33.6. The maximum Gasteiger partial charge on any atom is 0.265 e. The van der Waals surface area contributed by atoms with Gasteiger partial charge in [-0.25, -0.2) is 8.42 Å². The molecule has 136 valence electrons. The number of carbonyl (C=O) groups is 1. The molecule has 1 amide bonds. The fraction of sp³-hybridized carbons (Fsp3) is 0.316. The maximum atomic E-state index is 12.7. The van der Waals surface area contributed by atoms with E-state index in [1.807, 2.05) is 12.1 Å². The van der Waals surface area contributed by atoms with E-state index in [4.69, 9.17) is 4.74 Å². The van der Waals surface area contributed by atoms with Crippen LogP contribution in [0, 0.1) is 0 Å². The van der Waals surface area contributed by atoms with Crippen molar-refractivity contribution in [1.82, 2.24) is 0 Å². The molecular formula is C19H20N2O4S. The van der Waals surface area contributed by atoms with Gasteiger partial charge < -0.3 is 10.1 Å². The smallest absolute Gasteiger partial charge is 0.265 e. The molecule has 2 aromatic carbocycles. The lowest BCUT2D eigenvalue weighted by Crippen LogP contribution is -2.34. The maximum absolute atomic E-state index is 12.7. The molecule has 26 heavy (non-hydrogen) atoms. The van der Waals surface area contributed by atoms with Gasteiger partial charge in [0.05, 0.1) is 10.6 Å². The lowest BCUT2D eigenvalue weighted by molar-refractivity contribution is -0.122. The molecule has 7 heteroatoms. The van der Waals surface area contributed by atoms with Crippen molar-refractivity contribution in [2.75, 3.05) is 10.0 Å². The Kier molecular flexibility index (Phi) is 4.11. The standard InChI is InChI=1S/C19H20N2O4S/c1-12-19(22)20-17-11-16(8-9-18(17)25-12)26(23,24)21-15-7-6-13-4-2-3-5-14(13)10-15/h6-12,21H,2-5H2,1H3,(H,20,22)/t12-/m1/s1. The van der Waals surface area contributed by atoms with Gasteiger partial charge in [-0.05, 0) is 74.1 Å². The third-order valence-electron chi connectivity index (χ3n) is 4.79. The summed E-state index contributed by atoms with van der Waals surface area (Å²) in [4.78, 5) is 11.8. The minimum Gasteiger partial charge on any atom is -0.479 e. The van der Waals surface area contributed by atoms with Crippen molar-refractivity contribution < 1.29 is 17.9 Å². The fourth-order valence-corrected chi connectivity index (χ4v) is 4.44. The molecule has 2 N–H and O–H groups in total. The molecule has 0 radical (unpaired) electrons. The number of ether oxygens (including phenoxy) is 1. The Morgan fingerprint density at radius 3 is 2.65 bits per heavy atom. The van der Waals surface area contributed by atoms with Gasteiger partial charge in [-0.1, -0.05) is 6.07 Å². The third-order valence-corrected chi connectivity index (χ3v) is 6.17. The van der Waals surface area contributed by atoms with Crippen LogP contribution in [-0.2, 0) is 27.7 Å². The van der Waals surface area contributed by atoms with Crippen LogP contribution in [0.3, 0.4) is 0 Å². The molecular weight excluding hydrogens is 352 g/mol. The van der Waals surface area contributed by atoms with Gasteiger partial charge in [0.1, 0.15) is 5.75 Å². The van der Waals surface area contributed by atoms with Crippen molar-refractivity contribution in [2.24, 2.45) is 0 Å². The number of hydrogen-bond donors (Lipinski definition) is 2. The molecule has 0 saturated carbocycles. The highest BCUT2D eigenvalue weighted by molar-refractivity contribution is 7.92. The molecule has 1 aliphatic carbocycles. The summed E-state index contributed by atoms with van der Waals surface area (Å²) in [5.74, 6) is 0.166. The molecule has 2 aromatic rings. The minimum absolute atomic E-state index is 0.0763. The average Bonchev–Trinajstić information content (AvgIpc) is 2.62. The first-order valence-electron chi connectivity index (χ1n) is 8.68. The number of anilines is 2. The first-order valence-corrected chi connectivity index (χ1v) is 10.2. The summed E-state index contributed by atoms with van der Waals surface area (Å²) in [6.07, 6.45) is 3.74. The monoisotopic (exact) mass is 372 g/mol. The fourth-order valence-electron chi connectivity index (χ4n) is 3.37. The molecule has 0 bridgehead atoms. The van der Waals surface area contributed by atoms with Gasteiger partial charge in [-0.2, -0.15) is 0 Å². The normalized spacial score (nSPS) is 19.0.